The summed E-state index contributed by atoms with van der Waals surface area (Å²) in [5.41, 5.74) is 2.41. The Bertz CT molecular complexity index is 1310. The van der Waals surface area contributed by atoms with Gasteiger partial charge in [-0.15, -0.1) is 0 Å². The predicted octanol–water partition coefficient (Wildman–Crippen LogP) is 3.36. The fourth-order valence-electron chi connectivity index (χ4n) is 4.04. The van der Waals surface area contributed by atoms with E-state index in [1.165, 1.54) is 17.0 Å². The molecule has 0 saturated heterocycles. The number of hydrogen-bond donors (Lipinski definition) is 2. The summed E-state index contributed by atoms with van der Waals surface area (Å²) in [4.78, 5) is 25.5. The van der Waals surface area contributed by atoms with Gasteiger partial charge in [-0.25, -0.2) is 22.7 Å². The molecule has 9 nitrogen and oxygen atoms in total. The molecule has 10 heteroatoms. The van der Waals surface area contributed by atoms with Gasteiger partial charge < -0.3 is 14.6 Å². The third kappa shape index (κ3) is 6.21. The van der Waals surface area contributed by atoms with Gasteiger partial charge in [-0.3, -0.25) is 4.90 Å². The fraction of sp³-hybridized carbons (Fsp3) is 0.231. The number of sulfonamides is 1. The van der Waals surface area contributed by atoms with Crippen molar-refractivity contribution in [1.82, 2.24) is 9.62 Å². The molecule has 1 aliphatic rings. The molecular weight excluding hydrogens is 484 g/mol. The SMILES string of the molecule is O=C(O)COc1ccc2c(c1)CCN(C(=O)OCc1ccccc1)C2CNS(=O)(=O)c1ccccc1. The highest BCUT2D eigenvalue weighted by atomic mass is 32.2. The Morgan fingerprint density at radius 1 is 1.00 bits per heavy atom. The van der Waals surface area contributed by atoms with Crippen molar-refractivity contribution in [3.63, 3.8) is 0 Å². The van der Waals surface area contributed by atoms with Crippen LogP contribution in [0, 0.1) is 0 Å². The Hall–Kier alpha value is -3.89. The van der Waals surface area contributed by atoms with Crippen molar-refractivity contribution >= 4 is 22.1 Å². The van der Waals surface area contributed by atoms with Gasteiger partial charge in [0.2, 0.25) is 10.0 Å². The topological polar surface area (TPSA) is 122 Å². The number of carbonyl (C=O) groups is 2. The molecule has 3 aromatic carbocycles. The molecule has 188 valence electrons. The van der Waals surface area contributed by atoms with Gasteiger partial charge in [-0.2, -0.15) is 0 Å². The largest absolute Gasteiger partial charge is 0.482 e. The second-order valence-electron chi connectivity index (χ2n) is 8.21. The number of nitrogens with zero attached hydrogens (tertiary/aromatic N) is 1. The average Bonchev–Trinajstić information content (AvgIpc) is 2.90. The molecule has 0 aromatic heterocycles. The van der Waals surface area contributed by atoms with Crippen LogP contribution in [0.3, 0.4) is 0 Å². The van der Waals surface area contributed by atoms with E-state index in [1.54, 1.807) is 36.4 Å². The number of fused-ring (bicyclic) bond motifs is 1. The summed E-state index contributed by atoms with van der Waals surface area (Å²) >= 11 is 0. The second kappa shape index (κ2) is 11.2. The van der Waals surface area contributed by atoms with Crippen LogP contribution in [0.15, 0.2) is 83.8 Å². The van der Waals surface area contributed by atoms with E-state index in [9.17, 15) is 18.0 Å². The molecule has 0 bridgehead atoms. The maximum absolute atomic E-state index is 13.1. The zero-order valence-corrected chi connectivity index (χ0v) is 20.2. The third-order valence-electron chi connectivity index (χ3n) is 5.79. The fourth-order valence-corrected chi connectivity index (χ4v) is 5.10. The minimum absolute atomic E-state index is 0.0695. The predicted molar refractivity (Wildman–Crippen MR) is 131 cm³/mol. The summed E-state index contributed by atoms with van der Waals surface area (Å²) in [6.07, 6.45) is -0.0817. The number of carbonyl (C=O) groups excluding carboxylic acids is 1. The zero-order chi connectivity index (χ0) is 25.5. The van der Waals surface area contributed by atoms with Crippen LogP contribution in [0.1, 0.15) is 22.7 Å². The molecule has 0 saturated carbocycles. The Morgan fingerprint density at radius 3 is 2.39 bits per heavy atom. The number of aliphatic carboxylic acids is 1. The first-order chi connectivity index (χ1) is 17.3. The summed E-state index contributed by atoms with van der Waals surface area (Å²) < 4.78 is 39.1. The number of ether oxygens (including phenoxy) is 2. The van der Waals surface area contributed by atoms with Crippen LogP contribution in [0.25, 0.3) is 0 Å². The van der Waals surface area contributed by atoms with Crippen LogP contribution < -0.4 is 9.46 Å². The van der Waals surface area contributed by atoms with E-state index < -0.39 is 34.7 Å². The minimum atomic E-state index is -3.81. The Kier molecular flexibility index (Phi) is 7.87. The van der Waals surface area contributed by atoms with Crippen LogP contribution >= 0.6 is 0 Å². The quantitative estimate of drug-likeness (QED) is 0.453. The van der Waals surface area contributed by atoms with Gasteiger partial charge >= 0.3 is 12.1 Å². The molecule has 0 fully saturated rings. The molecular formula is C26H26N2O7S. The first-order valence-corrected chi connectivity index (χ1v) is 12.8. The lowest BCUT2D eigenvalue weighted by atomic mass is 9.92. The lowest BCUT2D eigenvalue weighted by Crippen LogP contribution is -2.45. The van der Waals surface area contributed by atoms with Gasteiger partial charge in [0.05, 0.1) is 10.9 Å². The molecule has 0 spiro atoms. The lowest BCUT2D eigenvalue weighted by molar-refractivity contribution is -0.139. The van der Waals surface area contributed by atoms with Gasteiger partial charge in [-0.1, -0.05) is 54.6 Å². The van der Waals surface area contributed by atoms with Crippen LogP contribution in [0.5, 0.6) is 5.75 Å². The molecule has 1 amide bonds. The van der Waals surface area contributed by atoms with Gasteiger partial charge in [0.25, 0.3) is 0 Å². The molecule has 1 unspecified atom stereocenters. The number of nitrogens with one attached hydrogen (secondary N) is 1. The Balaban J connectivity index is 1.56. The highest BCUT2D eigenvalue weighted by Gasteiger charge is 2.33. The maximum Gasteiger partial charge on any atom is 0.410 e. The summed E-state index contributed by atoms with van der Waals surface area (Å²) in [5.74, 6) is -0.701. The van der Waals surface area contributed by atoms with Crippen molar-refractivity contribution in [1.29, 1.82) is 0 Å². The number of carboxylic acids is 1. The summed E-state index contributed by atoms with van der Waals surface area (Å²) in [6, 6.07) is 21.7. The van der Waals surface area contributed by atoms with E-state index in [4.69, 9.17) is 14.6 Å². The molecule has 36 heavy (non-hydrogen) atoms. The molecule has 4 rings (SSSR count). The van der Waals surface area contributed by atoms with Crippen molar-refractivity contribution in [3.8, 4) is 5.75 Å². The van der Waals surface area contributed by atoms with E-state index >= 15 is 0 Å². The number of benzene rings is 3. The highest BCUT2D eigenvalue weighted by molar-refractivity contribution is 7.89. The number of hydrogen-bond acceptors (Lipinski definition) is 6. The van der Waals surface area contributed by atoms with Crippen molar-refractivity contribution in [3.05, 3.63) is 95.6 Å². The molecule has 0 radical (unpaired) electrons. The second-order valence-corrected chi connectivity index (χ2v) is 9.97. The standard InChI is InChI=1S/C26H26N2O7S/c29-25(30)18-34-21-11-12-23-20(15-21)13-14-28(26(31)35-17-19-7-3-1-4-8-19)24(23)16-27-36(32,33)22-9-5-2-6-10-22/h1-12,15,24,27H,13-14,16-18H2,(H,29,30). The zero-order valence-electron chi connectivity index (χ0n) is 19.4. The van der Waals surface area contributed by atoms with E-state index in [1.807, 2.05) is 30.3 Å². The summed E-state index contributed by atoms with van der Waals surface area (Å²) in [5, 5.41) is 8.88. The average molecular weight is 511 g/mol. The summed E-state index contributed by atoms with van der Waals surface area (Å²) in [7, 11) is -3.81. The molecule has 1 atom stereocenters. The van der Waals surface area contributed by atoms with E-state index in [0.717, 1.165) is 16.7 Å². The lowest BCUT2D eigenvalue weighted by Gasteiger charge is -2.36. The number of carboxylic acid groups (broad SMARTS) is 1. The van der Waals surface area contributed by atoms with Crippen molar-refractivity contribution in [2.75, 3.05) is 19.7 Å². The molecule has 1 aliphatic heterocycles. The number of rotatable bonds is 9. The van der Waals surface area contributed by atoms with Crippen molar-refractivity contribution in [2.24, 2.45) is 0 Å². The van der Waals surface area contributed by atoms with Gasteiger partial charge in [0, 0.05) is 13.1 Å². The third-order valence-corrected chi connectivity index (χ3v) is 7.23. The minimum Gasteiger partial charge on any atom is -0.482 e. The van der Waals surface area contributed by atoms with E-state index in [-0.39, 0.29) is 18.0 Å². The molecule has 0 aliphatic carbocycles. The van der Waals surface area contributed by atoms with Crippen molar-refractivity contribution in [2.45, 2.75) is 24.0 Å². The smallest absolute Gasteiger partial charge is 0.410 e. The number of amides is 1. The summed E-state index contributed by atoms with van der Waals surface area (Å²) in [6.45, 7) is -0.161. The van der Waals surface area contributed by atoms with Gasteiger partial charge in [0.1, 0.15) is 12.4 Å². The monoisotopic (exact) mass is 510 g/mol. The van der Waals surface area contributed by atoms with Gasteiger partial charge in [0.15, 0.2) is 6.61 Å². The Morgan fingerprint density at radius 2 is 1.69 bits per heavy atom. The molecule has 2 N–H and O–H groups in total. The Labute approximate surface area is 209 Å². The highest BCUT2D eigenvalue weighted by Crippen LogP contribution is 2.33. The van der Waals surface area contributed by atoms with Crippen molar-refractivity contribution < 1.29 is 32.6 Å². The van der Waals surface area contributed by atoms with Crippen LogP contribution in [-0.2, 0) is 32.6 Å². The first-order valence-electron chi connectivity index (χ1n) is 11.3. The first kappa shape index (κ1) is 25.2. The van der Waals surface area contributed by atoms with Crippen LogP contribution in [0.4, 0.5) is 4.79 Å². The van der Waals surface area contributed by atoms with E-state index in [2.05, 4.69) is 4.72 Å². The molecule has 3 aromatic rings. The van der Waals surface area contributed by atoms with E-state index in [0.29, 0.717) is 18.7 Å². The molecule has 1 heterocycles. The van der Waals surface area contributed by atoms with Crippen LogP contribution in [0.2, 0.25) is 0 Å². The normalized spacial score (nSPS) is 15.1. The van der Waals surface area contributed by atoms with Gasteiger partial charge in [-0.05, 0) is 47.4 Å². The maximum atomic E-state index is 13.1. The van der Waals surface area contributed by atoms with Crippen LogP contribution in [-0.4, -0.2) is 50.2 Å².